The second kappa shape index (κ2) is 7.40. The largest absolute Gasteiger partial charge is 0.326 e. The number of hydrogen-bond acceptors (Lipinski definition) is 3. The molecule has 2 heterocycles. The molecule has 0 radical (unpaired) electrons. The quantitative estimate of drug-likeness (QED) is 0.918. The van der Waals surface area contributed by atoms with E-state index >= 15 is 0 Å². The van der Waals surface area contributed by atoms with Crippen LogP contribution in [0.25, 0.3) is 5.57 Å². The monoisotopic (exact) mass is 328 g/mol. The summed E-state index contributed by atoms with van der Waals surface area (Å²) in [5, 5.41) is 6.94. The first-order chi connectivity index (χ1) is 11.6. The number of carbonyl (C=O) groups is 1. The van der Waals surface area contributed by atoms with E-state index in [2.05, 4.69) is 21.4 Å². The van der Waals surface area contributed by atoms with Crippen molar-refractivity contribution in [1.29, 1.82) is 0 Å². The van der Waals surface area contributed by atoms with E-state index in [1.165, 1.54) is 17.7 Å². The SMILES string of the molecule is Cn1cc(C2=CCCN(CCC(=O)Nc3cccc(F)c3)C2)cn1. The molecule has 5 nitrogen and oxygen atoms in total. The van der Waals surface area contributed by atoms with Crippen LogP contribution in [0.2, 0.25) is 0 Å². The van der Waals surface area contributed by atoms with Crippen molar-refractivity contribution in [2.24, 2.45) is 7.05 Å². The van der Waals surface area contributed by atoms with Crippen LogP contribution in [0.15, 0.2) is 42.7 Å². The molecule has 2 aromatic rings. The Morgan fingerprint density at radius 3 is 3.04 bits per heavy atom. The summed E-state index contributed by atoms with van der Waals surface area (Å²) in [4.78, 5) is 14.3. The summed E-state index contributed by atoms with van der Waals surface area (Å²) in [7, 11) is 1.90. The van der Waals surface area contributed by atoms with Crippen molar-refractivity contribution >= 4 is 17.2 Å². The van der Waals surface area contributed by atoms with Crippen LogP contribution >= 0.6 is 0 Å². The molecule has 0 atom stereocenters. The van der Waals surface area contributed by atoms with Crippen LogP contribution < -0.4 is 5.32 Å². The lowest BCUT2D eigenvalue weighted by molar-refractivity contribution is -0.116. The molecule has 0 aliphatic carbocycles. The molecule has 6 heteroatoms. The Kier molecular flexibility index (Phi) is 5.05. The van der Waals surface area contributed by atoms with Gasteiger partial charge in [-0.15, -0.1) is 0 Å². The second-order valence-electron chi connectivity index (χ2n) is 6.01. The van der Waals surface area contributed by atoms with E-state index in [-0.39, 0.29) is 11.7 Å². The topological polar surface area (TPSA) is 50.2 Å². The fourth-order valence-corrected chi connectivity index (χ4v) is 2.84. The number of amides is 1. The molecule has 1 aromatic heterocycles. The fourth-order valence-electron chi connectivity index (χ4n) is 2.84. The maximum absolute atomic E-state index is 13.1. The lowest BCUT2D eigenvalue weighted by Crippen LogP contribution is -2.32. The van der Waals surface area contributed by atoms with Crippen molar-refractivity contribution in [2.75, 3.05) is 25.0 Å². The van der Waals surface area contributed by atoms with Crippen LogP contribution in [-0.2, 0) is 11.8 Å². The number of aromatic nitrogens is 2. The van der Waals surface area contributed by atoms with E-state index in [1.807, 2.05) is 19.4 Å². The molecule has 24 heavy (non-hydrogen) atoms. The highest BCUT2D eigenvalue weighted by atomic mass is 19.1. The molecule has 1 aliphatic rings. The summed E-state index contributed by atoms with van der Waals surface area (Å²) in [6.45, 7) is 2.44. The first-order valence-electron chi connectivity index (χ1n) is 8.06. The summed E-state index contributed by atoms with van der Waals surface area (Å²) in [6, 6.07) is 5.95. The Balaban J connectivity index is 1.50. The molecule has 1 amide bonds. The van der Waals surface area contributed by atoms with Gasteiger partial charge < -0.3 is 5.32 Å². The van der Waals surface area contributed by atoms with E-state index < -0.39 is 0 Å². The Hall–Kier alpha value is -2.47. The van der Waals surface area contributed by atoms with Crippen molar-refractivity contribution in [1.82, 2.24) is 14.7 Å². The first kappa shape index (κ1) is 16.4. The molecular weight excluding hydrogens is 307 g/mol. The highest BCUT2D eigenvalue weighted by Crippen LogP contribution is 2.20. The van der Waals surface area contributed by atoms with Gasteiger partial charge in [0.15, 0.2) is 0 Å². The van der Waals surface area contributed by atoms with Gasteiger partial charge in [-0.3, -0.25) is 14.4 Å². The van der Waals surface area contributed by atoms with Gasteiger partial charge in [0.1, 0.15) is 5.82 Å². The van der Waals surface area contributed by atoms with Gasteiger partial charge in [-0.2, -0.15) is 5.10 Å². The molecular formula is C18H21FN4O. The number of carbonyl (C=O) groups excluding carboxylic acids is 1. The minimum Gasteiger partial charge on any atom is -0.326 e. The van der Waals surface area contributed by atoms with Crippen LogP contribution in [0, 0.1) is 5.82 Å². The van der Waals surface area contributed by atoms with E-state index in [0.29, 0.717) is 18.7 Å². The molecule has 0 unspecified atom stereocenters. The van der Waals surface area contributed by atoms with Crippen molar-refractivity contribution in [3.63, 3.8) is 0 Å². The summed E-state index contributed by atoms with van der Waals surface area (Å²) in [6.07, 6.45) is 7.46. The molecule has 3 rings (SSSR count). The number of aryl methyl sites for hydroxylation is 1. The van der Waals surface area contributed by atoms with E-state index in [9.17, 15) is 9.18 Å². The van der Waals surface area contributed by atoms with Gasteiger partial charge >= 0.3 is 0 Å². The summed E-state index contributed by atoms with van der Waals surface area (Å²) in [5.41, 5.74) is 2.88. The molecule has 1 N–H and O–H groups in total. The Bertz CT molecular complexity index is 753. The number of hydrogen-bond donors (Lipinski definition) is 1. The highest BCUT2D eigenvalue weighted by Gasteiger charge is 2.16. The third kappa shape index (κ3) is 4.29. The van der Waals surface area contributed by atoms with Crippen molar-refractivity contribution in [3.8, 4) is 0 Å². The van der Waals surface area contributed by atoms with Crippen LogP contribution in [0.4, 0.5) is 10.1 Å². The van der Waals surface area contributed by atoms with Crippen molar-refractivity contribution in [3.05, 3.63) is 54.1 Å². The number of nitrogens with one attached hydrogen (secondary N) is 1. The smallest absolute Gasteiger partial charge is 0.225 e. The molecule has 126 valence electrons. The number of anilines is 1. The summed E-state index contributed by atoms with van der Waals surface area (Å²) in [5.74, 6) is -0.451. The normalized spacial score (nSPS) is 15.2. The molecule has 0 bridgehead atoms. The summed E-state index contributed by atoms with van der Waals surface area (Å²) < 4.78 is 14.9. The lowest BCUT2D eigenvalue weighted by atomic mass is 10.0. The maximum atomic E-state index is 13.1. The zero-order chi connectivity index (χ0) is 16.9. The zero-order valence-corrected chi connectivity index (χ0v) is 13.7. The van der Waals surface area contributed by atoms with Crippen molar-refractivity contribution in [2.45, 2.75) is 12.8 Å². The Labute approximate surface area is 140 Å². The fraction of sp³-hybridized carbons (Fsp3) is 0.333. The Morgan fingerprint density at radius 1 is 1.42 bits per heavy atom. The predicted molar refractivity (Wildman–Crippen MR) is 91.9 cm³/mol. The third-order valence-corrected chi connectivity index (χ3v) is 4.07. The summed E-state index contributed by atoms with van der Waals surface area (Å²) >= 11 is 0. The number of nitrogens with zero attached hydrogens (tertiary/aromatic N) is 3. The van der Waals surface area contributed by atoms with Crippen LogP contribution in [0.5, 0.6) is 0 Å². The van der Waals surface area contributed by atoms with Gasteiger partial charge in [0.05, 0.1) is 6.20 Å². The van der Waals surface area contributed by atoms with E-state index in [4.69, 9.17) is 0 Å². The minimum absolute atomic E-state index is 0.0990. The molecule has 0 fully saturated rings. The number of halogens is 1. The number of rotatable bonds is 5. The number of benzene rings is 1. The van der Waals surface area contributed by atoms with Gasteiger partial charge in [-0.05, 0) is 30.2 Å². The van der Waals surface area contributed by atoms with Gasteiger partial charge in [-0.1, -0.05) is 12.1 Å². The highest BCUT2D eigenvalue weighted by molar-refractivity contribution is 5.90. The molecule has 1 aliphatic heterocycles. The molecule has 0 spiro atoms. The van der Waals surface area contributed by atoms with E-state index in [0.717, 1.165) is 25.1 Å². The van der Waals surface area contributed by atoms with Gasteiger partial charge in [0, 0.05) is 50.6 Å². The molecule has 1 aromatic carbocycles. The first-order valence-corrected chi connectivity index (χ1v) is 8.06. The molecule has 0 saturated carbocycles. The second-order valence-corrected chi connectivity index (χ2v) is 6.01. The van der Waals surface area contributed by atoms with Crippen molar-refractivity contribution < 1.29 is 9.18 Å². The predicted octanol–water partition coefficient (Wildman–Crippen LogP) is 2.68. The zero-order valence-electron chi connectivity index (χ0n) is 13.7. The molecule has 0 saturated heterocycles. The maximum Gasteiger partial charge on any atom is 0.225 e. The standard InChI is InChI=1S/C18H21FN4O/c1-22-12-15(11-20-22)14-4-3-8-23(13-14)9-7-18(24)21-17-6-2-5-16(19)10-17/h2,4-6,10-12H,3,7-9,13H2,1H3,(H,21,24). The lowest BCUT2D eigenvalue weighted by Gasteiger charge is -2.26. The minimum atomic E-state index is -0.352. The van der Waals surface area contributed by atoms with Crippen LogP contribution in [0.1, 0.15) is 18.4 Å². The average Bonchev–Trinajstić information content (AvgIpc) is 3.00. The Morgan fingerprint density at radius 2 is 2.29 bits per heavy atom. The van der Waals surface area contributed by atoms with Crippen LogP contribution in [0.3, 0.4) is 0 Å². The van der Waals surface area contributed by atoms with Gasteiger partial charge in [-0.25, -0.2) is 4.39 Å². The van der Waals surface area contributed by atoms with Crippen LogP contribution in [-0.4, -0.2) is 40.2 Å². The third-order valence-electron chi connectivity index (χ3n) is 4.07. The van der Waals surface area contributed by atoms with Gasteiger partial charge in [0.2, 0.25) is 5.91 Å². The van der Waals surface area contributed by atoms with Gasteiger partial charge in [0.25, 0.3) is 0 Å². The average molecular weight is 328 g/mol. The van der Waals surface area contributed by atoms with E-state index in [1.54, 1.807) is 16.8 Å².